The van der Waals surface area contributed by atoms with Gasteiger partial charge in [-0.25, -0.2) is 8.42 Å². The molecule has 3 aromatic rings. The number of rotatable bonds is 12. The molecule has 1 unspecified atom stereocenters. The van der Waals surface area contributed by atoms with Crippen molar-refractivity contribution in [3.63, 3.8) is 0 Å². The molecule has 3 aromatic carbocycles. The lowest BCUT2D eigenvalue weighted by Gasteiger charge is -2.32. The first kappa shape index (κ1) is 29.7. The number of carbonyl (C=O) groups excluding carboxylic acids is 2. The Hall–Kier alpha value is -3.85. The van der Waals surface area contributed by atoms with E-state index in [2.05, 4.69) is 5.32 Å². The molecule has 208 valence electrons. The van der Waals surface area contributed by atoms with Crippen LogP contribution in [0.15, 0.2) is 77.7 Å². The lowest BCUT2D eigenvalue weighted by molar-refractivity contribution is -0.139. The Bertz CT molecular complexity index is 1370. The van der Waals surface area contributed by atoms with Gasteiger partial charge in [0.25, 0.3) is 10.0 Å². The minimum Gasteiger partial charge on any atom is -0.494 e. The Morgan fingerprint density at radius 3 is 2.15 bits per heavy atom. The van der Waals surface area contributed by atoms with Gasteiger partial charge in [0.1, 0.15) is 18.3 Å². The maximum absolute atomic E-state index is 13.9. The number of ether oxygens (including phenoxy) is 1. The van der Waals surface area contributed by atoms with E-state index in [9.17, 15) is 18.0 Å². The van der Waals surface area contributed by atoms with Crippen molar-refractivity contribution >= 4 is 27.5 Å². The van der Waals surface area contributed by atoms with Gasteiger partial charge in [0.2, 0.25) is 11.8 Å². The Balaban J connectivity index is 2.02. The van der Waals surface area contributed by atoms with Gasteiger partial charge >= 0.3 is 0 Å². The average molecular weight is 552 g/mol. The van der Waals surface area contributed by atoms with Crippen LogP contribution in [0, 0.1) is 13.8 Å². The van der Waals surface area contributed by atoms with Crippen molar-refractivity contribution < 1.29 is 22.7 Å². The van der Waals surface area contributed by atoms with E-state index in [4.69, 9.17) is 4.74 Å². The third kappa shape index (κ3) is 7.38. The Kier molecular flexibility index (Phi) is 10.1. The molecule has 9 heteroatoms. The molecule has 0 radical (unpaired) electrons. The quantitative estimate of drug-likeness (QED) is 0.359. The standard InChI is InChI=1S/C30H37N3O5S/c1-6-31-30(35)24(5)32(20-25-11-9-8-10-23(25)4)29(34)21-33(26-14-12-22(3)13-15-26)39(36,37)28-18-16-27(17-19-28)38-7-2/h8-19,24H,6-7,20-21H2,1-5H3,(H,31,35). The van der Waals surface area contributed by atoms with Gasteiger partial charge in [-0.3, -0.25) is 13.9 Å². The summed E-state index contributed by atoms with van der Waals surface area (Å²) in [7, 11) is -4.13. The Morgan fingerprint density at radius 2 is 1.56 bits per heavy atom. The van der Waals surface area contributed by atoms with Gasteiger partial charge < -0.3 is 15.0 Å². The van der Waals surface area contributed by atoms with Crippen LogP contribution in [-0.2, 0) is 26.2 Å². The molecule has 3 rings (SSSR count). The summed E-state index contributed by atoms with van der Waals surface area (Å²) < 4.78 is 34.3. The van der Waals surface area contributed by atoms with Crippen molar-refractivity contribution in [1.82, 2.24) is 10.2 Å². The molecule has 2 amide bonds. The third-order valence-electron chi connectivity index (χ3n) is 6.44. The van der Waals surface area contributed by atoms with Crippen LogP contribution in [0.5, 0.6) is 5.75 Å². The molecule has 0 aliphatic carbocycles. The number of anilines is 1. The third-order valence-corrected chi connectivity index (χ3v) is 8.23. The summed E-state index contributed by atoms with van der Waals surface area (Å²) in [6, 6.07) is 19.8. The number of hydrogen-bond donors (Lipinski definition) is 1. The van der Waals surface area contributed by atoms with E-state index in [0.717, 1.165) is 21.0 Å². The topological polar surface area (TPSA) is 96.0 Å². The van der Waals surface area contributed by atoms with Crippen LogP contribution in [0.3, 0.4) is 0 Å². The summed E-state index contributed by atoms with van der Waals surface area (Å²) in [4.78, 5) is 28.2. The molecule has 0 saturated carbocycles. The maximum Gasteiger partial charge on any atom is 0.264 e. The highest BCUT2D eigenvalue weighted by Crippen LogP contribution is 2.26. The fourth-order valence-electron chi connectivity index (χ4n) is 4.12. The molecule has 8 nitrogen and oxygen atoms in total. The lowest BCUT2D eigenvalue weighted by atomic mass is 10.1. The monoisotopic (exact) mass is 551 g/mol. The second-order valence-electron chi connectivity index (χ2n) is 9.27. The molecular formula is C30H37N3O5S. The summed E-state index contributed by atoms with van der Waals surface area (Å²) in [6.07, 6.45) is 0. The first-order valence-corrected chi connectivity index (χ1v) is 14.5. The van der Waals surface area contributed by atoms with Gasteiger partial charge in [0.15, 0.2) is 0 Å². The molecule has 0 bridgehead atoms. The minimum absolute atomic E-state index is 0.0292. The SMILES string of the molecule is CCNC(=O)C(C)N(Cc1ccccc1C)C(=O)CN(c1ccc(C)cc1)S(=O)(=O)c1ccc(OCC)cc1. The van der Waals surface area contributed by atoms with Crippen molar-refractivity contribution in [2.45, 2.75) is 52.1 Å². The van der Waals surface area contributed by atoms with E-state index in [1.165, 1.54) is 17.0 Å². The van der Waals surface area contributed by atoms with Gasteiger partial charge in [-0.2, -0.15) is 0 Å². The summed E-state index contributed by atoms with van der Waals surface area (Å²) in [6.45, 7) is 9.69. The number of aryl methyl sites for hydroxylation is 2. The molecule has 0 spiro atoms. The number of hydrogen-bond acceptors (Lipinski definition) is 5. The van der Waals surface area contributed by atoms with E-state index in [-0.39, 0.29) is 17.3 Å². The van der Waals surface area contributed by atoms with Crippen LogP contribution in [-0.4, -0.2) is 50.9 Å². The number of sulfonamides is 1. The van der Waals surface area contributed by atoms with Gasteiger partial charge in [-0.05, 0) is 82.1 Å². The Morgan fingerprint density at radius 1 is 0.923 bits per heavy atom. The number of benzene rings is 3. The van der Waals surface area contributed by atoms with Crippen LogP contribution in [0.1, 0.15) is 37.5 Å². The number of carbonyl (C=O) groups is 2. The van der Waals surface area contributed by atoms with Crippen molar-refractivity contribution in [3.8, 4) is 5.75 Å². The van der Waals surface area contributed by atoms with E-state index in [0.29, 0.717) is 24.6 Å². The van der Waals surface area contributed by atoms with Crippen molar-refractivity contribution in [2.24, 2.45) is 0 Å². The van der Waals surface area contributed by atoms with E-state index in [1.54, 1.807) is 50.2 Å². The molecule has 0 aromatic heterocycles. The minimum atomic E-state index is -4.13. The van der Waals surface area contributed by atoms with Crippen LogP contribution < -0.4 is 14.4 Å². The maximum atomic E-state index is 13.9. The van der Waals surface area contributed by atoms with Crippen molar-refractivity contribution in [1.29, 1.82) is 0 Å². The molecule has 0 fully saturated rings. The molecule has 0 aliphatic rings. The molecule has 0 aliphatic heterocycles. The second kappa shape index (κ2) is 13.3. The van der Waals surface area contributed by atoms with Gasteiger partial charge in [0, 0.05) is 13.1 Å². The summed E-state index contributed by atoms with van der Waals surface area (Å²) in [5.41, 5.74) is 3.15. The van der Waals surface area contributed by atoms with Gasteiger partial charge in [-0.15, -0.1) is 0 Å². The first-order valence-electron chi connectivity index (χ1n) is 13.0. The molecule has 1 atom stereocenters. The zero-order valence-corrected chi connectivity index (χ0v) is 24.0. The predicted molar refractivity (Wildman–Crippen MR) is 153 cm³/mol. The summed E-state index contributed by atoms with van der Waals surface area (Å²) in [5.74, 6) is -0.252. The molecule has 39 heavy (non-hydrogen) atoms. The van der Waals surface area contributed by atoms with Crippen LogP contribution in [0.4, 0.5) is 5.69 Å². The second-order valence-corrected chi connectivity index (χ2v) is 11.1. The van der Waals surface area contributed by atoms with E-state index >= 15 is 0 Å². The summed E-state index contributed by atoms with van der Waals surface area (Å²) in [5, 5.41) is 2.77. The molecule has 1 N–H and O–H groups in total. The van der Waals surface area contributed by atoms with Crippen LogP contribution in [0.25, 0.3) is 0 Å². The van der Waals surface area contributed by atoms with Crippen molar-refractivity contribution in [3.05, 3.63) is 89.5 Å². The van der Waals surface area contributed by atoms with E-state index < -0.39 is 28.5 Å². The fourth-order valence-corrected chi connectivity index (χ4v) is 5.53. The number of likely N-dealkylation sites (N-methyl/N-ethyl adjacent to an activating group) is 1. The normalized spacial score (nSPS) is 11.9. The number of amides is 2. The predicted octanol–water partition coefficient (Wildman–Crippen LogP) is 4.45. The zero-order chi connectivity index (χ0) is 28.6. The highest BCUT2D eigenvalue weighted by molar-refractivity contribution is 7.92. The Labute approximate surface area is 231 Å². The van der Waals surface area contributed by atoms with Crippen LogP contribution in [0.2, 0.25) is 0 Å². The van der Waals surface area contributed by atoms with Crippen molar-refractivity contribution in [2.75, 3.05) is 24.0 Å². The highest BCUT2D eigenvalue weighted by Gasteiger charge is 2.32. The average Bonchev–Trinajstić information content (AvgIpc) is 2.92. The largest absolute Gasteiger partial charge is 0.494 e. The lowest BCUT2D eigenvalue weighted by Crippen LogP contribution is -2.51. The summed E-state index contributed by atoms with van der Waals surface area (Å²) >= 11 is 0. The van der Waals surface area contributed by atoms with Gasteiger partial charge in [0.05, 0.1) is 17.2 Å². The molecular weight excluding hydrogens is 514 g/mol. The number of nitrogens with zero attached hydrogens (tertiary/aromatic N) is 2. The van der Waals surface area contributed by atoms with Crippen LogP contribution >= 0.6 is 0 Å². The van der Waals surface area contributed by atoms with E-state index in [1.807, 2.05) is 45.0 Å². The molecule has 0 saturated heterocycles. The fraction of sp³-hybridized carbons (Fsp3) is 0.333. The molecule has 0 heterocycles. The highest BCUT2D eigenvalue weighted by atomic mass is 32.2. The first-order chi connectivity index (χ1) is 18.6. The zero-order valence-electron chi connectivity index (χ0n) is 23.2. The van der Waals surface area contributed by atoms with Gasteiger partial charge in [-0.1, -0.05) is 42.0 Å². The number of nitrogens with one attached hydrogen (secondary N) is 1. The smallest absolute Gasteiger partial charge is 0.264 e.